The summed E-state index contributed by atoms with van der Waals surface area (Å²) in [5.74, 6) is -7.74. The van der Waals surface area contributed by atoms with Crippen LogP contribution in [0.5, 0.6) is 0 Å². The van der Waals surface area contributed by atoms with Gasteiger partial charge in [-0.05, 0) is 293 Å². The van der Waals surface area contributed by atoms with Crippen molar-refractivity contribution in [1.29, 1.82) is 0 Å². The Hall–Kier alpha value is -7.18. The van der Waals surface area contributed by atoms with Crippen LogP contribution >= 0.6 is 0 Å². The Morgan fingerprint density at radius 1 is 0.252 bits per heavy atom. The van der Waals surface area contributed by atoms with E-state index in [1.807, 2.05) is 0 Å². The molecule has 0 radical (unpaired) electrons. The van der Waals surface area contributed by atoms with Crippen molar-refractivity contribution in [2.45, 2.75) is 441 Å². The quantitative estimate of drug-likeness (QED) is 0.0143. The van der Waals surface area contributed by atoms with Gasteiger partial charge in [0.1, 0.15) is 62.0 Å². The van der Waals surface area contributed by atoms with Gasteiger partial charge in [0.15, 0.2) is 0 Å². The monoisotopic (exact) mass is 1580 g/mol. The van der Waals surface area contributed by atoms with Gasteiger partial charge in [-0.15, -0.1) is 0 Å². The summed E-state index contributed by atoms with van der Waals surface area (Å²) in [5, 5.41) is 9.89. The lowest BCUT2D eigenvalue weighted by Gasteiger charge is -2.38. The molecule has 0 bridgehead atoms. The zero-order chi connectivity index (χ0) is 86.1. The van der Waals surface area contributed by atoms with Crippen molar-refractivity contribution in [3.05, 3.63) is 10.4 Å². The molecule has 0 aromatic carbocycles. The van der Waals surface area contributed by atoms with Gasteiger partial charge >= 0.3 is 53.7 Å². The number of esters is 9. The van der Waals surface area contributed by atoms with E-state index in [4.69, 9.17) is 48.2 Å². The van der Waals surface area contributed by atoms with Crippen LogP contribution in [0.1, 0.15) is 380 Å². The van der Waals surface area contributed by atoms with Gasteiger partial charge in [-0.1, -0.05) is 11.5 Å². The molecule has 111 heavy (non-hydrogen) atoms. The number of nitrogens with zero attached hydrogens (tertiary/aromatic N) is 3. The molecule has 0 aliphatic rings. The number of nitrogens with one attached hydrogen (secondary N) is 2. The molecule has 2 N–H and O–H groups in total. The summed E-state index contributed by atoms with van der Waals surface area (Å²) in [4.78, 5) is 188. The van der Waals surface area contributed by atoms with Gasteiger partial charge in [0, 0.05) is 119 Å². The van der Waals surface area contributed by atoms with Gasteiger partial charge in [0.2, 0.25) is 11.8 Å². The Balaban J connectivity index is 9.30. The van der Waals surface area contributed by atoms with Crippen LogP contribution in [0.15, 0.2) is 5.11 Å². The zero-order valence-corrected chi connectivity index (χ0v) is 73.2. The minimum Gasteiger partial charge on any atom is -0.460 e. The lowest BCUT2D eigenvalue weighted by molar-refractivity contribution is -0.159. The number of rotatable bonds is 48. The van der Waals surface area contributed by atoms with Crippen molar-refractivity contribution < 1.29 is 105 Å². The first-order valence-electron chi connectivity index (χ1n) is 39.8. The SMILES string of the molecule is CC(C)(C)OC(=O)CCC(CCC(=O)OC(C)(C)C)(CCC(=O)OC(C)(C)C)CC(=O)CCC(CCC(=O)NC(CCC(=O)OC(C)(C)C)(CCC(=O)OC(C)(C)C)CCC(=O)OC(C)(C)C)(CCC(=O)NC(CCC(=O)OC(C)(C)C)(CCC(=O)OC(C)(C)C)CCC(=O)OC(C)(C)C)CC(=O)CCCCCN=[N+]=[N-]. The van der Waals surface area contributed by atoms with Gasteiger partial charge < -0.3 is 53.3 Å². The maximum Gasteiger partial charge on any atom is 0.306 e. The number of ketones is 2. The molecule has 0 aliphatic carbocycles. The van der Waals surface area contributed by atoms with Crippen LogP contribution in [0, 0.1) is 10.8 Å². The number of ether oxygens (including phenoxy) is 9. The molecule has 0 saturated carbocycles. The molecule has 638 valence electrons. The molecule has 0 fully saturated rings. The van der Waals surface area contributed by atoms with Crippen LogP contribution in [-0.4, -0.2) is 145 Å². The zero-order valence-electron chi connectivity index (χ0n) is 73.2. The normalized spacial score (nSPS) is 13.0. The van der Waals surface area contributed by atoms with Crippen molar-refractivity contribution in [3.8, 4) is 0 Å². The van der Waals surface area contributed by atoms with E-state index < -0.39 is 156 Å². The van der Waals surface area contributed by atoms with E-state index in [-0.39, 0.29) is 173 Å². The first-order valence-corrected chi connectivity index (χ1v) is 39.8. The number of carbonyl (C=O) groups is 13. The molecule has 0 aliphatic heterocycles. The number of carbonyl (C=O) groups excluding carboxylic acids is 13. The van der Waals surface area contributed by atoms with Crippen molar-refractivity contribution in [1.82, 2.24) is 10.6 Å². The maximum atomic E-state index is 15.6. The van der Waals surface area contributed by atoms with Crippen LogP contribution in [-0.2, 0) is 105 Å². The average Bonchev–Trinajstić information content (AvgIpc) is 0.830. The predicted molar refractivity (Wildman–Crippen MR) is 422 cm³/mol. The minimum atomic E-state index is -1.52. The maximum absolute atomic E-state index is 15.6. The van der Waals surface area contributed by atoms with E-state index in [0.29, 0.717) is 19.3 Å². The second kappa shape index (κ2) is 45.1. The number of azide groups is 1. The molecule has 0 rings (SSSR count). The van der Waals surface area contributed by atoms with Crippen LogP contribution in [0.4, 0.5) is 0 Å². The van der Waals surface area contributed by atoms with E-state index in [2.05, 4.69) is 20.7 Å². The molecule has 0 unspecified atom stereocenters. The van der Waals surface area contributed by atoms with Gasteiger partial charge in [-0.25, -0.2) is 0 Å². The Labute approximate surface area is 663 Å². The van der Waals surface area contributed by atoms with Gasteiger partial charge in [-0.2, -0.15) is 0 Å². The molecule has 2 amide bonds. The summed E-state index contributed by atoms with van der Waals surface area (Å²) in [5.41, 5.74) is -5.06. The first kappa shape index (κ1) is 104. The number of hydrogen-bond donors (Lipinski definition) is 2. The summed E-state index contributed by atoms with van der Waals surface area (Å²) >= 11 is 0. The molecular weight excluding hydrogens is 1430 g/mol. The lowest BCUT2D eigenvalue weighted by atomic mass is 9.68. The lowest BCUT2D eigenvalue weighted by Crippen LogP contribution is -2.50. The van der Waals surface area contributed by atoms with E-state index in [9.17, 15) is 43.2 Å². The van der Waals surface area contributed by atoms with Crippen molar-refractivity contribution in [2.75, 3.05) is 6.54 Å². The molecule has 0 atom stereocenters. The number of hydrogen-bond acceptors (Lipinski definition) is 23. The number of Topliss-reactive ketones (excluding diaryl/α,β-unsaturated/α-hetero) is 2. The van der Waals surface area contributed by atoms with E-state index in [0.717, 1.165) is 0 Å². The Kier molecular flexibility index (Phi) is 42.1. The molecule has 0 spiro atoms. The summed E-state index contributed by atoms with van der Waals surface area (Å²) in [6, 6.07) is 0. The largest absolute Gasteiger partial charge is 0.460 e. The van der Waals surface area contributed by atoms with Crippen molar-refractivity contribution >= 4 is 77.1 Å². The molecular formula is C84H145N5O22. The molecule has 27 heteroatoms. The fourth-order valence-electron chi connectivity index (χ4n) is 12.7. The third kappa shape index (κ3) is 55.0. The smallest absolute Gasteiger partial charge is 0.306 e. The fraction of sp³-hybridized carbons (Fsp3) is 0.845. The Morgan fingerprint density at radius 2 is 0.441 bits per heavy atom. The van der Waals surface area contributed by atoms with E-state index in [1.165, 1.54) is 0 Å². The van der Waals surface area contributed by atoms with Crippen LogP contribution in [0.3, 0.4) is 0 Å². The standard InChI is InChI=1S/C84H145N5O22/c1-72(2,3)103-63(94)35-47-82(48-36-64(95)104-73(4,5)6,49-37-65(96)105-74(7,8)9)58-60(91)32-44-81(57-59(90)31-29-28-30-56-86-89-85,45-33-61(92)87-83(50-38-66(97)106-75(10,11)12,51-39-67(98)107-76(13,14)15)52-40-68(99)108-77(16,17)18)46-34-62(93)88-84(53-41-69(100)109-78(19,20)21,54-42-70(101)110-79(22,23)24)55-43-71(102)111-80(25,26)27/h28-58H2,1-27H3,(H,87,92)(H,88,93). The third-order valence-electron chi connectivity index (χ3n) is 17.1. The summed E-state index contributed by atoms with van der Waals surface area (Å²) in [7, 11) is 0. The van der Waals surface area contributed by atoms with Crippen LogP contribution < -0.4 is 10.6 Å². The summed E-state index contributed by atoms with van der Waals surface area (Å²) in [6.45, 7) is 45.9. The van der Waals surface area contributed by atoms with Gasteiger partial charge in [-0.3, -0.25) is 62.3 Å². The highest BCUT2D eigenvalue weighted by molar-refractivity contribution is 5.83. The highest BCUT2D eigenvalue weighted by atomic mass is 16.6. The molecule has 0 aromatic rings. The van der Waals surface area contributed by atoms with Crippen LogP contribution in [0.2, 0.25) is 0 Å². The Bertz CT molecular complexity index is 2590. The molecule has 0 heterocycles. The van der Waals surface area contributed by atoms with E-state index in [1.54, 1.807) is 187 Å². The predicted octanol–water partition coefficient (Wildman–Crippen LogP) is 16.9. The Morgan fingerprint density at radius 3 is 0.649 bits per heavy atom. The highest BCUT2D eigenvalue weighted by Gasteiger charge is 2.43. The second-order valence-electron chi connectivity index (χ2n) is 39.1. The fourth-order valence-corrected chi connectivity index (χ4v) is 12.7. The topological polar surface area (TPSA) is 378 Å². The summed E-state index contributed by atoms with van der Waals surface area (Å²) < 4.78 is 51.7. The molecule has 0 saturated heterocycles. The number of unbranched alkanes of at least 4 members (excludes halogenated alkanes) is 2. The molecule has 0 aromatic heterocycles. The van der Waals surface area contributed by atoms with Crippen molar-refractivity contribution in [3.63, 3.8) is 0 Å². The minimum absolute atomic E-state index is 0.0281. The van der Waals surface area contributed by atoms with E-state index >= 15 is 19.2 Å². The van der Waals surface area contributed by atoms with Gasteiger partial charge in [0.25, 0.3) is 0 Å². The molecule has 27 nitrogen and oxygen atoms in total. The highest BCUT2D eigenvalue weighted by Crippen LogP contribution is 2.45. The summed E-state index contributed by atoms with van der Waals surface area (Å²) in [6.07, 6.45) is -4.72. The van der Waals surface area contributed by atoms with Crippen molar-refractivity contribution in [2.24, 2.45) is 15.9 Å². The second-order valence-corrected chi connectivity index (χ2v) is 39.1. The number of amides is 2. The van der Waals surface area contributed by atoms with Crippen LogP contribution in [0.25, 0.3) is 10.4 Å². The average molecular weight is 1580 g/mol. The van der Waals surface area contributed by atoms with Gasteiger partial charge in [0.05, 0.1) is 0 Å². The third-order valence-corrected chi connectivity index (χ3v) is 17.1. The first-order chi connectivity index (χ1) is 50.2.